The van der Waals surface area contributed by atoms with Gasteiger partial charge in [-0.1, -0.05) is 104 Å². The van der Waals surface area contributed by atoms with E-state index < -0.39 is 0 Å². The van der Waals surface area contributed by atoms with Crippen molar-refractivity contribution in [2.24, 2.45) is 0 Å². The molecular weight excluding hydrogens is 696 g/mol. The fourth-order valence-corrected chi connectivity index (χ4v) is 10.6. The summed E-state index contributed by atoms with van der Waals surface area (Å²) in [7, 11) is 3.62. The van der Waals surface area contributed by atoms with Gasteiger partial charge < -0.3 is 14.4 Å². The Labute approximate surface area is 340 Å². The lowest BCUT2D eigenvalue weighted by Crippen LogP contribution is -2.34. The van der Waals surface area contributed by atoms with Crippen molar-refractivity contribution in [2.75, 3.05) is 32.2 Å². The lowest BCUT2D eigenvalue weighted by molar-refractivity contribution is -0.438. The molecule has 4 nitrogen and oxygen atoms in total. The van der Waals surface area contributed by atoms with Crippen LogP contribution >= 0.6 is 11.6 Å². The summed E-state index contributed by atoms with van der Waals surface area (Å²) in [5.74, 6) is 1.99. The van der Waals surface area contributed by atoms with Gasteiger partial charge in [-0.15, -0.1) is 0 Å². The minimum atomic E-state index is -0.0445. The van der Waals surface area contributed by atoms with E-state index in [0.717, 1.165) is 113 Å². The molecule has 0 unspecified atom stereocenters. The molecule has 0 spiro atoms. The summed E-state index contributed by atoms with van der Waals surface area (Å²) in [5.41, 5.74) is 13.3. The van der Waals surface area contributed by atoms with Crippen LogP contribution < -0.4 is 14.4 Å². The van der Waals surface area contributed by atoms with Crippen LogP contribution in [0.5, 0.6) is 11.5 Å². The zero-order chi connectivity index (χ0) is 39.8. The average Bonchev–Trinajstić information content (AvgIpc) is 3.55. The molecule has 0 saturated heterocycles. The molecule has 2 aliphatic heterocycles. The van der Waals surface area contributed by atoms with Gasteiger partial charge in [-0.2, -0.15) is 4.58 Å². The molecule has 0 amide bonds. The summed E-state index contributed by atoms with van der Waals surface area (Å²) < 4.78 is 14.5. The molecule has 0 bridgehead atoms. The number of halogens is 1. The molecule has 0 saturated carbocycles. The van der Waals surface area contributed by atoms with Crippen molar-refractivity contribution in [1.82, 2.24) is 0 Å². The third-order valence-corrected chi connectivity index (χ3v) is 13.2. The van der Waals surface area contributed by atoms with Crippen LogP contribution in [0.1, 0.15) is 160 Å². The van der Waals surface area contributed by atoms with Gasteiger partial charge in [-0.25, -0.2) is 0 Å². The van der Waals surface area contributed by atoms with Gasteiger partial charge in [-0.3, -0.25) is 0 Å². The number of hydrogen-bond donors (Lipinski definition) is 0. The van der Waals surface area contributed by atoms with Crippen LogP contribution in [0.15, 0.2) is 70.4 Å². The number of allylic oxidation sites excluding steroid dienone is 8. The summed E-state index contributed by atoms with van der Waals surface area (Å²) >= 11 is 7.51. The quantitative estimate of drug-likeness (QED) is 0.133. The second-order valence-corrected chi connectivity index (χ2v) is 16.9. The SMILES string of the molecule is CCCCN1C(=CC=C2CCCC(C=CC3=[N+](CCCC)c4cc(C)c(OC)cc4C3(CCC)CCC)=C2Cl)C(CCC)(CCC)c2cc(OC)c(C)cc21. The molecule has 2 aromatic carbocycles. The summed E-state index contributed by atoms with van der Waals surface area (Å²) in [6.07, 6.45) is 26.4. The Morgan fingerprint density at radius 2 is 1.31 bits per heavy atom. The molecule has 5 rings (SSSR count). The predicted octanol–water partition coefficient (Wildman–Crippen LogP) is 14.3. The lowest BCUT2D eigenvalue weighted by Gasteiger charge is -2.34. The lowest BCUT2D eigenvalue weighted by atomic mass is 9.70. The molecule has 0 aromatic heterocycles. The van der Waals surface area contributed by atoms with E-state index in [1.165, 1.54) is 69.0 Å². The summed E-state index contributed by atoms with van der Waals surface area (Å²) in [5, 5.41) is 0.939. The molecule has 0 radical (unpaired) electrons. The van der Waals surface area contributed by atoms with E-state index in [2.05, 4.69) is 113 Å². The Balaban J connectivity index is 1.63. The van der Waals surface area contributed by atoms with Crippen LogP contribution in [0.3, 0.4) is 0 Å². The maximum Gasteiger partial charge on any atom is 0.210 e. The van der Waals surface area contributed by atoms with Crippen LogP contribution in [0.4, 0.5) is 11.4 Å². The molecule has 55 heavy (non-hydrogen) atoms. The minimum Gasteiger partial charge on any atom is -0.496 e. The molecule has 2 heterocycles. The van der Waals surface area contributed by atoms with Crippen LogP contribution in [0.2, 0.25) is 0 Å². The number of aryl methyl sites for hydroxylation is 2. The predicted molar refractivity (Wildman–Crippen MR) is 237 cm³/mol. The third kappa shape index (κ3) is 8.28. The number of methoxy groups -OCH3 is 2. The van der Waals surface area contributed by atoms with Crippen molar-refractivity contribution in [3.05, 3.63) is 92.7 Å². The van der Waals surface area contributed by atoms with Crippen molar-refractivity contribution in [1.29, 1.82) is 0 Å². The Hall–Kier alpha value is -3.24. The molecule has 2 aromatic rings. The first-order chi connectivity index (χ1) is 26.6. The molecule has 0 atom stereocenters. The summed E-state index contributed by atoms with van der Waals surface area (Å²) in [4.78, 5) is 2.64. The van der Waals surface area contributed by atoms with E-state index in [9.17, 15) is 0 Å². The number of unbranched alkanes of at least 4 members (excludes halogenated alkanes) is 2. The van der Waals surface area contributed by atoms with Gasteiger partial charge in [-0.05, 0) is 117 Å². The van der Waals surface area contributed by atoms with Gasteiger partial charge in [0.25, 0.3) is 0 Å². The van der Waals surface area contributed by atoms with Crippen molar-refractivity contribution < 1.29 is 14.0 Å². The van der Waals surface area contributed by atoms with Gasteiger partial charge in [0.2, 0.25) is 5.69 Å². The maximum absolute atomic E-state index is 7.51. The van der Waals surface area contributed by atoms with Crippen LogP contribution in [-0.4, -0.2) is 37.6 Å². The Kier molecular flexibility index (Phi) is 15.0. The van der Waals surface area contributed by atoms with Crippen molar-refractivity contribution in [3.63, 3.8) is 0 Å². The third-order valence-electron chi connectivity index (χ3n) is 12.7. The van der Waals surface area contributed by atoms with Crippen LogP contribution in [0, 0.1) is 13.8 Å². The molecular formula is C50H72ClN2O2+. The van der Waals surface area contributed by atoms with E-state index in [0.29, 0.717) is 0 Å². The smallest absolute Gasteiger partial charge is 0.210 e. The highest BCUT2D eigenvalue weighted by Crippen LogP contribution is 2.55. The van der Waals surface area contributed by atoms with Gasteiger partial charge in [0.05, 0.1) is 19.6 Å². The molecule has 0 N–H and O–H groups in total. The fourth-order valence-electron chi connectivity index (χ4n) is 10.2. The highest BCUT2D eigenvalue weighted by atomic mass is 35.5. The zero-order valence-electron chi connectivity index (χ0n) is 36.2. The first kappa shape index (κ1) is 42.9. The molecule has 5 heteroatoms. The Morgan fingerprint density at radius 3 is 1.91 bits per heavy atom. The van der Waals surface area contributed by atoms with Crippen molar-refractivity contribution in [3.8, 4) is 11.5 Å². The number of fused-ring (bicyclic) bond motifs is 2. The highest BCUT2D eigenvalue weighted by molar-refractivity contribution is 6.32. The first-order valence-corrected chi connectivity index (χ1v) is 22.3. The summed E-state index contributed by atoms with van der Waals surface area (Å²) in [6, 6.07) is 9.48. The number of hydrogen-bond acceptors (Lipinski definition) is 3. The number of anilines is 1. The molecule has 1 aliphatic carbocycles. The van der Waals surface area contributed by atoms with Gasteiger partial charge in [0, 0.05) is 52.5 Å². The molecule has 300 valence electrons. The monoisotopic (exact) mass is 768 g/mol. The second kappa shape index (κ2) is 19.3. The topological polar surface area (TPSA) is 24.7 Å². The Morgan fingerprint density at radius 1 is 0.709 bits per heavy atom. The minimum absolute atomic E-state index is 0.0445. The largest absolute Gasteiger partial charge is 0.496 e. The van der Waals surface area contributed by atoms with Gasteiger partial charge in [0.1, 0.15) is 18.0 Å². The van der Waals surface area contributed by atoms with Gasteiger partial charge in [0.15, 0.2) is 5.71 Å². The normalized spacial score (nSPS) is 19.0. The van der Waals surface area contributed by atoms with Crippen LogP contribution in [-0.2, 0) is 10.8 Å². The van der Waals surface area contributed by atoms with E-state index >= 15 is 0 Å². The van der Waals surface area contributed by atoms with E-state index in [4.69, 9.17) is 21.1 Å². The first-order valence-electron chi connectivity index (χ1n) is 21.9. The number of nitrogens with zero attached hydrogens (tertiary/aromatic N) is 2. The van der Waals surface area contributed by atoms with E-state index in [1.807, 2.05) is 14.2 Å². The fraction of sp³-hybridized carbons (Fsp3) is 0.580. The number of ether oxygens (including phenoxy) is 2. The standard InChI is InChI=1S/C50H72ClN2O2/c1-11-17-30-52-42-32-36(7)44(54-9)34-40(42)49(26-13-3,27-14-4)46(52)24-22-38-20-19-21-39(48(38)51)23-25-47-50(28-15-5,29-16-6)41-35-45(55-10)37(8)33-43(41)53(47)31-18-12-2/h22-25,32-35H,11-21,26-31H2,1-10H3/q+1. The second-order valence-electron chi connectivity index (χ2n) is 16.5. The summed E-state index contributed by atoms with van der Waals surface area (Å²) in [6.45, 7) is 20.4. The molecule has 3 aliphatic rings. The van der Waals surface area contributed by atoms with E-state index in [1.54, 1.807) is 0 Å². The Bertz CT molecular complexity index is 1810. The maximum atomic E-state index is 7.51. The van der Waals surface area contributed by atoms with Crippen LogP contribution in [0.25, 0.3) is 0 Å². The average molecular weight is 769 g/mol. The zero-order valence-corrected chi connectivity index (χ0v) is 37.0. The van der Waals surface area contributed by atoms with E-state index in [-0.39, 0.29) is 10.8 Å². The van der Waals surface area contributed by atoms with Crippen molar-refractivity contribution >= 4 is 28.7 Å². The van der Waals surface area contributed by atoms with Crippen molar-refractivity contribution in [2.45, 2.75) is 163 Å². The highest BCUT2D eigenvalue weighted by Gasteiger charge is 2.50. The number of benzene rings is 2. The van der Waals surface area contributed by atoms with Gasteiger partial charge >= 0.3 is 0 Å². The number of rotatable bonds is 19. The molecule has 0 fully saturated rings.